The van der Waals surface area contributed by atoms with E-state index in [1.54, 1.807) is 18.4 Å². The van der Waals surface area contributed by atoms with Crippen LogP contribution in [-0.2, 0) is 4.79 Å². The average Bonchev–Trinajstić information content (AvgIpc) is 3.25. The maximum atomic E-state index is 12.7. The number of aliphatic hydroxyl groups is 1. The number of hydrogen-bond acceptors (Lipinski definition) is 5. The molecule has 150 valence electrons. The topological polar surface area (TPSA) is 126 Å². The second-order valence-electron chi connectivity index (χ2n) is 7.81. The van der Waals surface area contributed by atoms with E-state index in [1.807, 2.05) is 6.08 Å². The first-order chi connectivity index (χ1) is 13.2. The predicted molar refractivity (Wildman–Crippen MR) is 106 cm³/mol. The van der Waals surface area contributed by atoms with Crippen molar-refractivity contribution in [2.24, 2.45) is 17.3 Å². The van der Waals surface area contributed by atoms with E-state index in [4.69, 9.17) is 5.41 Å². The number of urea groups is 1. The van der Waals surface area contributed by atoms with Crippen molar-refractivity contribution in [1.29, 1.82) is 5.41 Å². The number of aliphatic hydroxyl groups excluding tert-OH is 1. The molecular formula is C20H27N5O3. The molecule has 28 heavy (non-hydrogen) atoms. The van der Waals surface area contributed by atoms with Gasteiger partial charge in [-0.15, -0.1) is 0 Å². The molecule has 3 amide bonds. The van der Waals surface area contributed by atoms with Gasteiger partial charge in [0.25, 0.3) is 0 Å². The number of nitrogens with one attached hydrogen (secondary N) is 5. The summed E-state index contributed by atoms with van der Waals surface area (Å²) < 4.78 is 0. The Morgan fingerprint density at radius 1 is 1.29 bits per heavy atom. The molecule has 1 saturated carbocycles. The number of hydrogen-bond donors (Lipinski definition) is 6. The summed E-state index contributed by atoms with van der Waals surface area (Å²) in [5.74, 6) is 0.124. The summed E-state index contributed by atoms with van der Waals surface area (Å²) in [4.78, 5) is 24.9. The summed E-state index contributed by atoms with van der Waals surface area (Å²) >= 11 is 0. The van der Waals surface area contributed by atoms with Gasteiger partial charge in [0.05, 0.1) is 5.70 Å². The molecule has 3 aliphatic rings. The molecule has 0 aromatic rings. The molecule has 1 spiro atoms. The van der Waals surface area contributed by atoms with E-state index in [2.05, 4.69) is 42.0 Å². The highest BCUT2D eigenvalue weighted by Crippen LogP contribution is 2.60. The highest BCUT2D eigenvalue weighted by Gasteiger charge is 2.52. The molecule has 2 aliphatic carbocycles. The van der Waals surface area contributed by atoms with Crippen molar-refractivity contribution >= 4 is 17.6 Å². The van der Waals surface area contributed by atoms with Crippen molar-refractivity contribution in [1.82, 2.24) is 21.3 Å². The number of carbonyl (C=O) groups is 2. The van der Waals surface area contributed by atoms with Crippen LogP contribution in [0.5, 0.6) is 0 Å². The second kappa shape index (κ2) is 7.53. The van der Waals surface area contributed by atoms with E-state index in [0.717, 1.165) is 12.0 Å². The average molecular weight is 385 g/mol. The van der Waals surface area contributed by atoms with E-state index in [0.29, 0.717) is 18.0 Å². The molecule has 0 bridgehead atoms. The number of amides is 3. The van der Waals surface area contributed by atoms with Gasteiger partial charge in [0.2, 0.25) is 5.91 Å². The van der Waals surface area contributed by atoms with E-state index >= 15 is 0 Å². The third-order valence-corrected chi connectivity index (χ3v) is 5.38. The van der Waals surface area contributed by atoms with Crippen molar-refractivity contribution < 1.29 is 14.7 Å². The molecule has 3 atom stereocenters. The first-order valence-corrected chi connectivity index (χ1v) is 9.43. The summed E-state index contributed by atoms with van der Waals surface area (Å²) in [6.45, 7) is 6.23. The summed E-state index contributed by atoms with van der Waals surface area (Å²) in [6, 6.07) is -0.488. The van der Waals surface area contributed by atoms with Crippen LogP contribution in [-0.4, -0.2) is 29.0 Å². The van der Waals surface area contributed by atoms with Gasteiger partial charge in [0, 0.05) is 35.9 Å². The van der Waals surface area contributed by atoms with Gasteiger partial charge >= 0.3 is 6.03 Å². The van der Waals surface area contributed by atoms with Gasteiger partial charge < -0.3 is 31.8 Å². The van der Waals surface area contributed by atoms with Crippen LogP contribution in [0, 0.1) is 22.7 Å². The molecule has 6 N–H and O–H groups in total. The maximum absolute atomic E-state index is 12.7. The molecular weight excluding hydrogens is 358 g/mol. The summed E-state index contributed by atoms with van der Waals surface area (Å²) in [5, 5.41) is 28.5. The minimum absolute atomic E-state index is 0.119. The lowest BCUT2D eigenvalue weighted by molar-refractivity contribution is -0.117. The molecule has 1 aliphatic heterocycles. The maximum Gasteiger partial charge on any atom is 0.321 e. The Hall–Kier alpha value is -3.03. The Kier molecular flexibility index (Phi) is 5.31. The Balaban J connectivity index is 1.85. The zero-order chi connectivity index (χ0) is 20.5. The number of allylic oxidation sites excluding steroid dienone is 4. The minimum atomic E-state index is -0.940. The molecule has 0 aromatic carbocycles. The van der Waals surface area contributed by atoms with Crippen LogP contribution in [0.2, 0.25) is 0 Å². The van der Waals surface area contributed by atoms with Crippen LogP contribution in [0.1, 0.15) is 33.6 Å². The van der Waals surface area contributed by atoms with Gasteiger partial charge in [-0.2, -0.15) is 0 Å². The van der Waals surface area contributed by atoms with Gasteiger partial charge in [0.15, 0.2) is 6.29 Å². The van der Waals surface area contributed by atoms with Crippen molar-refractivity contribution in [2.45, 2.75) is 39.9 Å². The quantitative estimate of drug-likeness (QED) is 0.445. The molecule has 0 radical (unpaired) electrons. The fourth-order valence-electron chi connectivity index (χ4n) is 3.80. The molecule has 1 fully saturated rings. The highest BCUT2D eigenvalue weighted by atomic mass is 16.3. The van der Waals surface area contributed by atoms with Crippen LogP contribution in [0.3, 0.4) is 0 Å². The minimum Gasteiger partial charge on any atom is -0.506 e. The Morgan fingerprint density at radius 2 is 2.00 bits per heavy atom. The lowest BCUT2D eigenvalue weighted by atomic mass is 9.84. The van der Waals surface area contributed by atoms with E-state index < -0.39 is 12.3 Å². The van der Waals surface area contributed by atoms with Crippen LogP contribution in [0.4, 0.5) is 4.79 Å². The van der Waals surface area contributed by atoms with Crippen molar-refractivity contribution in [2.75, 3.05) is 0 Å². The van der Waals surface area contributed by atoms with Gasteiger partial charge in [-0.3, -0.25) is 4.79 Å². The van der Waals surface area contributed by atoms with Crippen molar-refractivity contribution in [3.8, 4) is 0 Å². The largest absolute Gasteiger partial charge is 0.506 e. The molecule has 0 saturated heterocycles. The Morgan fingerprint density at radius 3 is 2.61 bits per heavy atom. The third-order valence-electron chi connectivity index (χ3n) is 5.38. The SMILES string of the molecule is CC(C)/C1=C/C(=O)NC(NC2=CCC(=N)C=C2O)NC(=O)N/C=C/C12CC2C. The summed E-state index contributed by atoms with van der Waals surface area (Å²) in [6.07, 6.45) is 8.51. The lowest BCUT2D eigenvalue weighted by Crippen LogP contribution is -2.57. The van der Waals surface area contributed by atoms with Gasteiger partial charge in [-0.05, 0) is 18.3 Å². The lowest BCUT2D eigenvalue weighted by Gasteiger charge is -2.24. The Bertz CT molecular complexity index is 824. The summed E-state index contributed by atoms with van der Waals surface area (Å²) in [7, 11) is 0. The van der Waals surface area contributed by atoms with Crippen LogP contribution in [0.15, 0.2) is 47.5 Å². The van der Waals surface area contributed by atoms with Crippen molar-refractivity contribution in [3.63, 3.8) is 0 Å². The zero-order valence-electron chi connectivity index (χ0n) is 16.3. The van der Waals surface area contributed by atoms with E-state index in [-0.39, 0.29) is 28.7 Å². The van der Waals surface area contributed by atoms with Crippen LogP contribution in [0.25, 0.3) is 0 Å². The first-order valence-electron chi connectivity index (χ1n) is 9.43. The number of rotatable bonds is 3. The smallest absolute Gasteiger partial charge is 0.321 e. The molecule has 3 rings (SSSR count). The molecule has 1 heterocycles. The fourth-order valence-corrected chi connectivity index (χ4v) is 3.80. The molecule has 0 aromatic heterocycles. The molecule has 8 heteroatoms. The van der Waals surface area contributed by atoms with Crippen molar-refractivity contribution in [3.05, 3.63) is 47.5 Å². The molecule has 8 nitrogen and oxygen atoms in total. The van der Waals surface area contributed by atoms with Crippen LogP contribution < -0.4 is 21.3 Å². The molecule has 3 unspecified atom stereocenters. The fraction of sp³-hybridized carbons (Fsp3) is 0.450. The Labute approximate surface area is 164 Å². The van der Waals surface area contributed by atoms with Crippen LogP contribution >= 0.6 is 0 Å². The van der Waals surface area contributed by atoms with Gasteiger partial charge in [-0.25, -0.2) is 4.79 Å². The second-order valence-corrected chi connectivity index (χ2v) is 7.81. The first kappa shape index (κ1) is 19.7. The predicted octanol–water partition coefficient (Wildman–Crippen LogP) is 2.16. The zero-order valence-corrected chi connectivity index (χ0v) is 16.3. The van der Waals surface area contributed by atoms with E-state index in [1.165, 1.54) is 6.08 Å². The van der Waals surface area contributed by atoms with E-state index in [9.17, 15) is 14.7 Å². The monoisotopic (exact) mass is 385 g/mol. The highest BCUT2D eigenvalue weighted by molar-refractivity contribution is 5.95. The normalized spacial score (nSPS) is 33.4. The van der Waals surface area contributed by atoms with Gasteiger partial charge in [0.1, 0.15) is 5.76 Å². The number of carbonyl (C=O) groups excluding carboxylic acids is 2. The summed E-state index contributed by atoms with van der Waals surface area (Å²) in [5.41, 5.74) is 1.43. The van der Waals surface area contributed by atoms with Gasteiger partial charge in [-0.1, -0.05) is 38.5 Å². The third kappa shape index (κ3) is 4.11. The standard InChI is InChI=1S/C20H27N5O3/c1-11(2)14-9-17(27)24-18(23-15-5-4-13(21)8-16(15)26)25-19(28)22-7-6-20(14)10-12(20)3/h5-9,11-12,18,21,23,26H,4,10H2,1-3H3,(H,24,27)(H2,22,25,28)/b7-6+,14-9-,21-13?.